The Kier molecular flexibility index (Phi) is 22.7. The molecule has 4 aromatic heterocycles. The van der Waals surface area contributed by atoms with Crippen LogP contribution in [0.15, 0.2) is 322 Å². The average molecular weight is 1370 g/mol. The number of aryl methyl sites for hydroxylation is 1. The molecular weight excluding hydrogens is 1310 g/mol. The van der Waals surface area contributed by atoms with Crippen molar-refractivity contribution in [2.24, 2.45) is 0 Å². The molecule has 15 nitrogen and oxygen atoms in total. The van der Waals surface area contributed by atoms with Crippen LogP contribution >= 0.6 is 46.1 Å². The third-order valence-electron chi connectivity index (χ3n) is 14.8. The van der Waals surface area contributed by atoms with E-state index in [-0.39, 0.29) is 11.8 Å². The number of benzene rings is 11. The van der Waals surface area contributed by atoms with Gasteiger partial charge in [0.1, 0.15) is 74.6 Å². The molecule has 0 bridgehead atoms. The van der Waals surface area contributed by atoms with E-state index in [1.807, 2.05) is 232 Å². The number of hydrogen-bond acceptors (Lipinski definition) is 13. The van der Waals surface area contributed by atoms with Crippen molar-refractivity contribution in [1.82, 2.24) is 19.9 Å². The van der Waals surface area contributed by atoms with Crippen molar-refractivity contribution in [3.8, 4) is 74.1 Å². The first-order valence-corrected chi connectivity index (χ1v) is 34.8. The predicted octanol–water partition coefficient (Wildman–Crippen LogP) is 17.2. The second-order valence-corrected chi connectivity index (χ2v) is 25.7. The van der Waals surface area contributed by atoms with Crippen LogP contribution in [0.5, 0.6) is 5.75 Å². The summed E-state index contributed by atoms with van der Waals surface area (Å²) in [5.41, 5.74) is 12.5. The topological polar surface area (TPSA) is 159 Å². The smallest absolute Gasteiger partial charge is 0.350 e. The number of nitrogens with zero attached hydrogens (tertiary/aromatic N) is 8. The number of rotatable bonds is 17. The van der Waals surface area contributed by atoms with E-state index in [4.69, 9.17) is 14.7 Å². The Balaban J connectivity index is 0.000000126. The van der Waals surface area contributed by atoms with Crippen LogP contribution in [0.3, 0.4) is 0 Å². The molecule has 0 saturated heterocycles. The number of para-hydroxylation sites is 3. The fraction of sp³-hybridized carbons (Fsp3) is 0.0500. The Morgan fingerprint density at radius 1 is 0.364 bits per heavy atom. The maximum Gasteiger partial charge on any atom is 0.350 e. The fourth-order valence-electron chi connectivity index (χ4n) is 10.0. The molecule has 0 aliphatic carbocycles. The molecule has 486 valence electrons. The number of ether oxygens (including phenoxy) is 1. The quantitative estimate of drug-likeness (QED) is 0.0651. The van der Waals surface area contributed by atoms with Crippen molar-refractivity contribution < 1.29 is 30.2 Å². The minimum Gasteiger partial charge on any atom is -0.497 e. The Labute approximate surface area is 591 Å². The average Bonchev–Trinajstić information content (AvgIpc) is 1.70. The Morgan fingerprint density at radius 3 is 1.08 bits per heavy atom. The summed E-state index contributed by atoms with van der Waals surface area (Å²) in [5, 5.41) is 15.4. The molecule has 0 unspecified atom stereocenters. The molecular formula is C80H68N12O3S4+4. The van der Waals surface area contributed by atoms with Gasteiger partial charge < -0.3 is 15.4 Å². The first-order chi connectivity index (χ1) is 48.7. The normalized spacial score (nSPS) is 10.5. The second kappa shape index (κ2) is 33.6. The van der Waals surface area contributed by atoms with Gasteiger partial charge in [-0.2, -0.15) is 0 Å². The van der Waals surface area contributed by atoms with Gasteiger partial charge in [0.2, 0.25) is 5.91 Å². The van der Waals surface area contributed by atoms with E-state index in [9.17, 15) is 9.59 Å². The molecule has 15 aromatic rings. The van der Waals surface area contributed by atoms with Gasteiger partial charge in [0.25, 0.3) is 5.91 Å². The van der Waals surface area contributed by atoms with Crippen molar-refractivity contribution in [3.05, 3.63) is 338 Å². The summed E-state index contributed by atoms with van der Waals surface area (Å²) in [5.74, 6) is 4.02. The highest BCUT2D eigenvalue weighted by atomic mass is 32.1. The van der Waals surface area contributed by atoms with Gasteiger partial charge in [0.15, 0.2) is 0 Å². The number of methoxy groups -OCH3 is 1. The standard InChI is InChI=1S/C22H19N3OS.C21H15N3OS.C21H17N3S.C16H13N3OS/c1-16-8-12-19(13-9-16)25-21(17-6-4-3-5-7-17)24-22(27-25)23-18-10-14-20(26-2)15-11-18;25-20(17-12-6-2-7-13-17)23-21-22-19(16-10-4-1-5-11-16)24(26-21)18-14-8-3-9-15-18;1-4-10-17(11-5-1)16-22-21-23-20(18-12-6-2-7-13-18)24(25-21)19-14-8-3-9-15-19;1-12(20)17-16-18-15(13-8-4-2-5-9-13)19(21-16)14-10-6-3-7-11-14/h3-15H,1-2H3;1-15H;1-15H,16H2;2-11H,1H3/p+4. The molecule has 0 aliphatic rings. The molecule has 4 heterocycles. The maximum atomic E-state index is 12.5. The number of carbonyl (C=O) groups is 2. The van der Waals surface area contributed by atoms with Gasteiger partial charge in [0, 0.05) is 24.7 Å². The lowest BCUT2D eigenvalue weighted by atomic mass is 10.2. The number of amides is 2. The Morgan fingerprint density at radius 2 is 0.687 bits per heavy atom. The van der Waals surface area contributed by atoms with Crippen LogP contribution in [0, 0.1) is 6.92 Å². The minimum atomic E-state index is -0.167. The summed E-state index contributed by atoms with van der Waals surface area (Å²) >= 11 is 6.02. The lowest BCUT2D eigenvalue weighted by molar-refractivity contribution is -0.510. The number of aromatic nitrogens is 8. The Bertz CT molecular complexity index is 4830. The van der Waals surface area contributed by atoms with Crippen LogP contribution < -0.4 is 41.8 Å². The van der Waals surface area contributed by atoms with Crippen LogP contribution in [0.4, 0.5) is 26.2 Å². The molecule has 0 radical (unpaired) electrons. The molecule has 2 amide bonds. The molecule has 0 atom stereocenters. The first-order valence-electron chi connectivity index (χ1n) is 31.7. The third-order valence-corrected chi connectivity index (χ3v) is 18.6. The predicted molar refractivity (Wildman–Crippen MR) is 400 cm³/mol. The summed E-state index contributed by atoms with van der Waals surface area (Å²) in [6.45, 7) is 4.34. The zero-order valence-electron chi connectivity index (χ0n) is 54.2. The van der Waals surface area contributed by atoms with E-state index < -0.39 is 0 Å². The van der Waals surface area contributed by atoms with E-state index in [2.05, 4.69) is 131 Å². The number of nitrogens with one attached hydrogen (secondary N) is 4. The van der Waals surface area contributed by atoms with Gasteiger partial charge in [-0.1, -0.05) is 194 Å². The summed E-state index contributed by atoms with van der Waals surface area (Å²) in [6.07, 6.45) is 0. The largest absolute Gasteiger partial charge is 0.497 e. The zero-order valence-corrected chi connectivity index (χ0v) is 57.5. The van der Waals surface area contributed by atoms with Crippen LogP contribution in [-0.2, 0) is 11.3 Å². The van der Waals surface area contributed by atoms with E-state index in [1.165, 1.54) is 41.1 Å². The molecule has 0 saturated carbocycles. The first kappa shape index (κ1) is 67.0. The number of carbonyl (C=O) groups excluding carboxylic acids is 2. The van der Waals surface area contributed by atoms with E-state index in [1.54, 1.807) is 42.3 Å². The third kappa shape index (κ3) is 18.1. The summed E-state index contributed by atoms with van der Waals surface area (Å²) in [7, 11) is 1.67. The zero-order chi connectivity index (χ0) is 68.0. The van der Waals surface area contributed by atoms with Gasteiger partial charge in [-0.25, -0.2) is 0 Å². The van der Waals surface area contributed by atoms with Gasteiger partial charge >= 0.3 is 43.8 Å². The van der Waals surface area contributed by atoms with Crippen LogP contribution in [-0.4, -0.2) is 38.9 Å². The fourth-order valence-corrected chi connectivity index (χ4v) is 13.7. The van der Waals surface area contributed by atoms with Crippen molar-refractivity contribution in [3.63, 3.8) is 0 Å². The van der Waals surface area contributed by atoms with Gasteiger partial charge in [-0.3, -0.25) is 20.2 Å². The molecule has 0 fully saturated rings. The van der Waals surface area contributed by atoms with Crippen LogP contribution in [0.2, 0.25) is 0 Å². The van der Waals surface area contributed by atoms with Crippen LogP contribution in [0.25, 0.3) is 68.3 Å². The highest BCUT2D eigenvalue weighted by Crippen LogP contribution is 2.28. The number of hydrogen-bond donors (Lipinski definition) is 4. The van der Waals surface area contributed by atoms with Crippen LogP contribution in [0.1, 0.15) is 28.4 Å². The lowest BCUT2D eigenvalue weighted by Crippen LogP contribution is -2.27. The lowest BCUT2D eigenvalue weighted by Gasteiger charge is -2.01. The molecule has 0 aliphatic heterocycles. The summed E-state index contributed by atoms with van der Waals surface area (Å²) in [4.78, 5) is 42.6. The van der Waals surface area contributed by atoms with E-state index in [0.29, 0.717) is 15.8 Å². The molecule has 19 heteroatoms. The van der Waals surface area contributed by atoms with Crippen molar-refractivity contribution >= 4 is 84.2 Å². The summed E-state index contributed by atoms with van der Waals surface area (Å²) in [6, 6.07) is 107. The molecule has 11 aromatic carbocycles. The van der Waals surface area contributed by atoms with Crippen molar-refractivity contribution in [2.45, 2.75) is 20.4 Å². The molecule has 15 rings (SSSR count). The van der Waals surface area contributed by atoms with E-state index >= 15 is 0 Å². The van der Waals surface area contributed by atoms with Crippen molar-refractivity contribution in [1.29, 1.82) is 0 Å². The maximum absolute atomic E-state index is 12.5. The highest BCUT2D eigenvalue weighted by molar-refractivity contribution is 7.07. The second-order valence-electron chi connectivity index (χ2n) is 22.0. The minimum absolute atomic E-state index is 0.122. The summed E-state index contributed by atoms with van der Waals surface area (Å²) < 4.78 is 13.6. The van der Waals surface area contributed by atoms with Gasteiger partial charge in [-0.15, -0.1) is 15.8 Å². The molecule has 4 N–H and O–H groups in total. The molecule has 0 spiro atoms. The van der Waals surface area contributed by atoms with Gasteiger partial charge in [-0.05, 0) is 166 Å². The highest BCUT2D eigenvalue weighted by Gasteiger charge is 2.29. The van der Waals surface area contributed by atoms with Gasteiger partial charge in [0.05, 0.1) is 29.4 Å². The van der Waals surface area contributed by atoms with E-state index in [0.717, 1.165) is 96.5 Å². The van der Waals surface area contributed by atoms with Crippen molar-refractivity contribution in [2.75, 3.05) is 28.4 Å². The Hall–Kier alpha value is -12.0. The monoisotopic (exact) mass is 1370 g/mol. The SMILES string of the molecule is CC(=O)Nc1nc(-c2ccccc2)[n+](-c2ccccc2)s1.COc1ccc(Nc2nc(-c3ccccc3)[n+](-c3ccc(C)cc3)s2)cc1.O=C(Nc1nc(-c2ccccc2)[n+](-c2ccccc2)s1)c1ccccc1.c1ccc(CNc2nc(-c3ccccc3)[n+](-c3ccccc3)s2)cc1. The number of anilines is 5. The molecule has 99 heavy (non-hydrogen) atoms.